The van der Waals surface area contributed by atoms with Crippen LogP contribution in [0.2, 0.25) is 5.02 Å². The molecule has 2 aliphatic rings. The third kappa shape index (κ3) is 4.83. The Morgan fingerprint density at radius 3 is 2.50 bits per heavy atom. The van der Waals surface area contributed by atoms with E-state index in [4.69, 9.17) is 16.6 Å². The van der Waals surface area contributed by atoms with Crippen LogP contribution in [-0.2, 0) is 34.3 Å². The lowest BCUT2D eigenvalue weighted by molar-refractivity contribution is -0.118. The fraction of sp³-hybridized carbons (Fsp3) is 0.310. The summed E-state index contributed by atoms with van der Waals surface area (Å²) in [5.41, 5.74) is 6.68. The third-order valence-corrected chi connectivity index (χ3v) is 10.3. The quantitative estimate of drug-likeness (QED) is 0.303. The lowest BCUT2D eigenvalue weighted by Gasteiger charge is -2.13. The summed E-state index contributed by atoms with van der Waals surface area (Å²) in [6.45, 7) is 6.81. The SMILES string of the molecule is Cc1sc2c(c1C)C(c1ccc(Cl)cc1)=N[C@@H](CC(=O)Cc1ccc3c(c1)CN(S(C)(=O)=O)C3)c1nnc(C)n1-2. The Morgan fingerprint density at radius 2 is 1.77 bits per heavy atom. The van der Waals surface area contributed by atoms with E-state index in [1.807, 2.05) is 54.0 Å². The molecule has 2 aliphatic heterocycles. The highest BCUT2D eigenvalue weighted by Crippen LogP contribution is 2.40. The van der Waals surface area contributed by atoms with Gasteiger partial charge in [0, 0.05) is 47.0 Å². The maximum absolute atomic E-state index is 13.5. The zero-order valence-electron chi connectivity index (χ0n) is 22.6. The van der Waals surface area contributed by atoms with E-state index in [1.54, 1.807) is 11.3 Å². The van der Waals surface area contributed by atoms with Gasteiger partial charge in [-0.15, -0.1) is 21.5 Å². The normalized spacial score (nSPS) is 16.7. The number of halogens is 1. The Morgan fingerprint density at radius 1 is 1.05 bits per heavy atom. The summed E-state index contributed by atoms with van der Waals surface area (Å²) in [6, 6.07) is 12.9. The molecule has 0 unspecified atom stereocenters. The highest BCUT2D eigenvalue weighted by atomic mass is 35.5. The number of aromatic nitrogens is 3. The van der Waals surface area contributed by atoms with Crippen LogP contribution in [0, 0.1) is 20.8 Å². The van der Waals surface area contributed by atoms with Crippen LogP contribution in [0.1, 0.15) is 62.4 Å². The molecule has 0 fully saturated rings. The van der Waals surface area contributed by atoms with Gasteiger partial charge in [-0.3, -0.25) is 14.4 Å². The van der Waals surface area contributed by atoms with Gasteiger partial charge in [-0.1, -0.05) is 41.9 Å². The molecular weight excluding hydrogens is 566 g/mol. The lowest BCUT2D eigenvalue weighted by atomic mass is 9.98. The van der Waals surface area contributed by atoms with E-state index in [0.717, 1.165) is 49.9 Å². The van der Waals surface area contributed by atoms with Crippen molar-refractivity contribution in [2.45, 2.75) is 52.7 Å². The third-order valence-electron chi connectivity index (χ3n) is 7.61. The number of carbonyl (C=O) groups excluding carboxylic acids is 1. The largest absolute Gasteiger partial charge is 0.299 e. The van der Waals surface area contributed by atoms with Crippen LogP contribution in [0.25, 0.3) is 5.00 Å². The molecule has 0 aliphatic carbocycles. The van der Waals surface area contributed by atoms with E-state index >= 15 is 0 Å². The minimum absolute atomic E-state index is 0.0208. The van der Waals surface area contributed by atoms with Crippen molar-refractivity contribution < 1.29 is 13.2 Å². The van der Waals surface area contributed by atoms with Crippen LogP contribution in [0.3, 0.4) is 0 Å². The van der Waals surface area contributed by atoms with Gasteiger partial charge in [0.1, 0.15) is 22.7 Å². The summed E-state index contributed by atoms with van der Waals surface area (Å²) >= 11 is 7.87. The number of ketones is 1. The smallest absolute Gasteiger partial charge is 0.211 e. The van der Waals surface area contributed by atoms with Gasteiger partial charge in [0.15, 0.2) is 5.82 Å². The highest BCUT2D eigenvalue weighted by Gasteiger charge is 2.32. The highest BCUT2D eigenvalue weighted by molar-refractivity contribution is 7.88. The Bertz CT molecular complexity index is 1810. The first-order chi connectivity index (χ1) is 19.0. The molecule has 0 bridgehead atoms. The van der Waals surface area contributed by atoms with Crippen molar-refractivity contribution in [1.29, 1.82) is 0 Å². The Hall–Kier alpha value is -3.18. The van der Waals surface area contributed by atoms with Crippen LogP contribution >= 0.6 is 22.9 Å². The van der Waals surface area contributed by atoms with Gasteiger partial charge < -0.3 is 0 Å². The van der Waals surface area contributed by atoms with Crippen molar-refractivity contribution >= 4 is 44.5 Å². The summed E-state index contributed by atoms with van der Waals surface area (Å²) in [5.74, 6) is 1.42. The van der Waals surface area contributed by atoms with Crippen LogP contribution < -0.4 is 0 Å². The second-order valence-corrected chi connectivity index (χ2v) is 14.1. The molecule has 0 N–H and O–H groups in total. The number of sulfonamides is 1. The van der Waals surface area contributed by atoms with Crippen molar-refractivity contribution in [2.24, 2.45) is 4.99 Å². The first-order valence-electron chi connectivity index (χ1n) is 12.9. The molecule has 0 radical (unpaired) electrons. The topological polar surface area (TPSA) is 97.5 Å². The molecule has 2 aromatic heterocycles. The van der Waals surface area contributed by atoms with Gasteiger partial charge in [0.2, 0.25) is 10.0 Å². The molecule has 1 atom stereocenters. The minimum atomic E-state index is -3.28. The molecular formula is C29H28ClN5O3S2. The summed E-state index contributed by atoms with van der Waals surface area (Å²) in [4.78, 5) is 19.9. The van der Waals surface area contributed by atoms with Crippen LogP contribution in [0.4, 0.5) is 0 Å². The van der Waals surface area contributed by atoms with E-state index in [1.165, 1.54) is 15.4 Å². The molecule has 40 heavy (non-hydrogen) atoms. The van der Waals surface area contributed by atoms with E-state index in [2.05, 4.69) is 24.0 Å². The number of fused-ring (bicyclic) bond motifs is 4. The molecule has 8 nitrogen and oxygen atoms in total. The van der Waals surface area contributed by atoms with Crippen LogP contribution in [-0.4, -0.2) is 45.2 Å². The fourth-order valence-electron chi connectivity index (χ4n) is 5.41. The van der Waals surface area contributed by atoms with Crippen molar-refractivity contribution in [3.63, 3.8) is 0 Å². The summed E-state index contributed by atoms with van der Waals surface area (Å²) in [7, 11) is -3.28. The number of aryl methyl sites for hydroxylation is 2. The number of aliphatic imine (C=N–C) groups is 1. The number of Topliss-reactive ketones (excluding diaryl/α,β-unsaturated/α-hetero) is 1. The minimum Gasteiger partial charge on any atom is -0.299 e. The average Bonchev–Trinajstić information content (AvgIpc) is 3.55. The number of nitrogens with zero attached hydrogens (tertiary/aromatic N) is 5. The maximum atomic E-state index is 13.5. The van der Waals surface area contributed by atoms with Crippen LogP contribution in [0.15, 0.2) is 47.5 Å². The first kappa shape index (κ1) is 27.0. The zero-order chi connectivity index (χ0) is 28.3. The van der Waals surface area contributed by atoms with E-state index in [9.17, 15) is 13.2 Å². The van der Waals surface area contributed by atoms with Gasteiger partial charge in [-0.2, -0.15) is 4.31 Å². The number of carbonyl (C=O) groups is 1. The van der Waals surface area contributed by atoms with Crippen molar-refractivity contribution in [3.8, 4) is 5.00 Å². The van der Waals surface area contributed by atoms with E-state index < -0.39 is 16.1 Å². The zero-order valence-corrected chi connectivity index (χ0v) is 25.0. The lowest BCUT2D eigenvalue weighted by Crippen LogP contribution is -2.23. The Labute approximate surface area is 242 Å². The molecule has 11 heteroatoms. The summed E-state index contributed by atoms with van der Waals surface area (Å²) in [6.07, 6.45) is 1.60. The number of rotatable bonds is 6. The predicted octanol–water partition coefficient (Wildman–Crippen LogP) is 5.28. The van der Waals surface area contributed by atoms with Gasteiger partial charge >= 0.3 is 0 Å². The van der Waals surface area contributed by atoms with Gasteiger partial charge in [-0.25, -0.2) is 8.42 Å². The second-order valence-electron chi connectivity index (χ2n) is 10.5. The molecule has 206 valence electrons. The Balaban J connectivity index is 1.35. The molecule has 4 heterocycles. The van der Waals surface area contributed by atoms with Crippen molar-refractivity contribution in [2.75, 3.05) is 6.26 Å². The van der Waals surface area contributed by atoms with Gasteiger partial charge in [0.25, 0.3) is 0 Å². The molecule has 0 saturated heterocycles. The number of thiophene rings is 1. The molecule has 4 aromatic rings. The average molecular weight is 594 g/mol. The number of hydrogen-bond acceptors (Lipinski definition) is 7. The molecule has 6 rings (SSSR count). The number of benzene rings is 2. The van der Waals surface area contributed by atoms with E-state index in [0.29, 0.717) is 23.9 Å². The Kier molecular flexibility index (Phi) is 6.77. The van der Waals surface area contributed by atoms with Crippen LogP contribution in [0.5, 0.6) is 0 Å². The summed E-state index contributed by atoms with van der Waals surface area (Å²) < 4.78 is 27.5. The molecule has 2 aromatic carbocycles. The molecule has 0 spiro atoms. The first-order valence-corrected chi connectivity index (χ1v) is 16.0. The molecule has 0 saturated carbocycles. The fourth-order valence-corrected chi connectivity index (χ4v) is 7.50. The van der Waals surface area contributed by atoms with Gasteiger partial charge in [-0.05, 0) is 55.2 Å². The van der Waals surface area contributed by atoms with E-state index in [-0.39, 0.29) is 18.6 Å². The van der Waals surface area contributed by atoms with Gasteiger partial charge in [0.05, 0.1) is 12.0 Å². The summed E-state index contributed by atoms with van der Waals surface area (Å²) in [5, 5.41) is 10.5. The second kappa shape index (κ2) is 10.0. The molecule has 0 amide bonds. The maximum Gasteiger partial charge on any atom is 0.211 e. The van der Waals surface area contributed by atoms with Crippen molar-refractivity contribution in [1.82, 2.24) is 19.1 Å². The monoisotopic (exact) mass is 593 g/mol. The van der Waals surface area contributed by atoms with Crippen molar-refractivity contribution in [3.05, 3.63) is 97.4 Å². The number of hydrogen-bond donors (Lipinski definition) is 0. The predicted molar refractivity (Wildman–Crippen MR) is 157 cm³/mol. The standard InChI is InChI=1S/C29H28ClN5O3S2/c1-16-17(2)39-29-26(16)27(20-7-9-23(30)10-8-20)31-25(28-33-32-18(3)35(28)29)13-24(36)12-19-5-6-21-14-34(40(4,37)38)15-22(21)11-19/h5-11,25H,12-15H2,1-4H3/t25-/m0/s1.